The van der Waals surface area contributed by atoms with Crippen LogP contribution in [0, 0.1) is 5.92 Å². The lowest BCUT2D eigenvalue weighted by atomic mass is 9.53. The van der Waals surface area contributed by atoms with Crippen molar-refractivity contribution in [1.82, 2.24) is 4.98 Å². The highest BCUT2D eigenvalue weighted by molar-refractivity contribution is 5.82. The molecule has 0 radical (unpaired) electrons. The smallest absolute Gasteiger partial charge is 0.0718 e. The normalized spacial score (nSPS) is 18.5. The lowest BCUT2D eigenvalue weighted by Crippen LogP contribution is -2.44. The Morgan fingerprint density at radius 3 is 1.61 bits per heavy atom. The van der Waals surface area contributed by atoms with Gasteiger partial charge in [-0.05, 0) is 109 Å². The van der Waals surface area contributed by atoms with Crippen LogP contribution in [0.1, 0.15) is 71.6 Å². The molecule has 1 aromatic heterocycles. The highest BCUT2D eigenvalue weighted by atomic mass is 14.7. The molecule has 0 fully saturated rings. The number of nitrogens with zero attached hydrogens (tertiary/aromatic N) is 1. The maximum atomic E-state index is 5.57. The van der Waals surface area contributed by atoms with E-state index in [-0.39, 0.29) is 17.3 Å². The number of hydrogen-bond donors (Lipinski definition) is 0. The summed E-state index contributed by atoms with van der Waals surface area (Å²) in [6.07, 6.45) is 14.4. The third-order valence-electron chi connectivity index (χ3n) is 14.8. The van der Waals surface area contributed by atoms with E-state index >= 15 is 0 Å². The summed E-state index contributed by atoms with van der Waals surface area (Å²) in [5, 5.41) is 0. The molecule has 0 bridgehead atoms. The zero-order valence-electron chi connectivity index (χ0n) is 36.4. The molecule has 0 N–H and O–H groups in total. The van der Waals surface area contributed by atoms with Crippen LogP contribution in [0.25, 0.3) is 50.3 Å². The predicted octanol–water partition coefficient (Wildman–Crippen LogP) is 15.7. The van der Waals surface area contributed by atoms with Crippen molar-refractivity contribution in [2.75, 3.05) is 0 Å². The van der Waals surface area contributed by atoms with E-state index in [0.29, 0.717) is 0 Å². The quantitative estimate of drug-likeness (QED) is 0.163. The maximum Gasteiger partial charge on any atom is 0.0718 e. The molecule has 1 spiro atoms. The third kappa shape index (κ3) is 6.02. The summed E-state index contributed by atoms with van der Waals surface area (Å²) in [7, 11) is 0. The van der Waals surface area contributed by atoms with Crippen LogP contribution >= 0.6 is 0 Å². The largest absolute Gasteiger partial charge is 0.248 e. The number of fused-ring (bicyclic) bond motifs is 9. The molecule has 2 atom stereocenters. The van der Waals surface area contributed by atoms with Crippen molar-refractivity contribution in [1.29, 1.82) is 0 Å². The summed E-state index contributed by atoms with van der Waals surface area (Å²) in [6, 6.07) is 71.5. The SMILES string of the molecule is CC1(C)c2ccccc2C2(c3ccccc31)c1cccc(-c3cc(-c4ccccc4)cc(-c4ccccc4)n3)c1C1C=C(C3=CC=C(c4cccc(-c5ccccc5)c4)CC3)C=CC12. The zero-order chi connectivity index (χ0) is 42.8. The molecule has 64 heavy (non-hydrogen) atoms. The summed E-state index contributed by atoms with van der Waals surface area (Å²) in [5.74, 6) is 0.275. The Morgan fingerprint density at radius 2 is 0.953 bits per heavy atom. The summed E-state index contributed by atoms with van der Waals surface area (Å²) in [4.78, 5) is 5.57. The van der Waals surface area contributed by atoms with Gasteiger partial charge in [-0.15, -0.1) is 0 Å². The molecular formula is C63H49N. The van der Waals surface area contributed by atoms with Gasteiger partial charge in [0.05, 0.1) is 16.8 Å². The molecule has 2 unspecified atom stereocenters. The van der Waals surface area contributed by atoms with E-state index in [1.807, 2.05) is 0 Å². The Bertz CT molecular complexity index is 3130. The Kier molecular flexibility index (Phi) is 9.09. The van der Waals surface area contributed by atoms with Gasteiger partial charge in [0, 0.05) is 28.4 Å². The van der Waals surface area contributed by atoms with Gasteiger partial charge in [-0.25, -0.2) is 4.98 Å². The van der Waals surface area contributed by atoms with E-state index in [1.54, 1.807) is 0 Å². The van der Waals surface area contributed by atoms with Gasteiger partial charge in [0.15, 0.2) is 0 Å². The van der Waals surface area contributed by atoms with E-state index < -0.39 is 5.41 Å². The Morgan fingerprint density at radius 1 is 0.438 bits per heavy atom. The number of allylic oxidation sites excluding steroid dienone is 8. The van der Waals surface area contributed by atoms with E-state index in [1.165, 1.54) is 83.5 Å². The van der Waals surface area contributed by atoms with Crippen LogP contribution in [0.3, 0.4) is 0 Å². The Hall–Kier alpha value is -7.35. The lowest BCUT2D eigenvalue weighted by Gasteiger charge is -2.49. The molecule has 7 aromatic carbocycles. The number of pyridine rings is 1. The van der Waals surface area contributed by atoms with Crippen molar-refractivity contribution < 1.29 is 0 Å². The molecule has 0 amide bonds. The van der Waals surface area contributed by atoms with Crippen LogP contribution in [0.5, 0.6) is 0 Å². The first-order valence-electron chi connectivity index (χ1n) is 22.9. The lowest BCUT2D eigenvalue weighted by molar-refractivity contribution is 0.419. The van der Waals surface area contributed by atoms with Gasteiger partial charge >= 0.3 is 0 Å². The molecule has 4 aliphatic carbocycles. The molecule has 1 nitrogen and oxygen atoms in total. The van der Waals surface area contributed by atoms with Crippen molar-refractivity contribution in [3.63, 3.8) is 0 Å². The minimum atomic E-state index is -0.395. The second-order valence-electron chi connectivity index (χ2n) is 18.5. The summed E-state index contributed by atoms with van der Waals surface area (Å²) in [5.41, 5.74) is 22.5. The maximum absolute atomic E-state index is 5.57. The highest BCUT2D eigenvalue weighted by Gasteiger charge is 2.58. The number of aromatic nitrogens is 1. The van der Waals surface area contributed by atoms with Crippen LogP contribution in [0.15, 0.2) is 236 Å². The van der Waals surface area contributed by atoms with Gasteiger partial charge in [0.1, 0.15) is 0 Å². The van der Waals surface area contributed by atoms with Crippen molar-refractivity contribution in [2.24, 2.45) is 5.92 Å². The van der Waals surface area contributed by atoms with Gasteiger partial charge in [-0.1, -0.05) is 220 Å². The molecular weight excluding hydrogens is 771 g/mol. The highest BCUT2D eigenvalue weighted by Crippen LogP contribution is 2.66. The van der Waals surface area contributed by atoms with E-state index in [2.05, 4.69) is 238 Å². The summed E-state index contributed by atoms with van der Waals surface area (Å²) < 4.78 is 0. The van der Waals surface area contributed by atoms with Gasteiger partial charge in [0.25, 0.3) is 0 Å². The molecule has 8 aromatic rings. The molecule has 0 aliphatic heterocycles. The second-order valence-corrected chi connectivity index (χ2v) is 18.5. The molecule has 0 saturated carbocycles. The fourth-order valence-electron chi connectivity index (χ4n) is 11.8. The topological polar surface area (TPSA) is 12.9 Å². The number of benzene rings is 7. The Labute approximate surface area is 377 Å². The fourth-order valence-corrected chi connectivity index (χ4v) is 11.8. The minimum Gasteiger partial charge on any atom is -0.248 e. The first kappa shape index (κ1) is 38.3. The van der Waals surface area contributed by atoms with Crippen LogP contribution in [0.2, 0.25) is 0 Å². The van der Waals surface area contributed by atoms with Crippen molar-refractivity contribution >= 4 is 5.57 Å². The average Bonchev–Trinajstić information content (AvgIpc) is 3.67. The first-order chi connectivity index (χ1) is 31.5. The third-order valence-corrected chi connectivity index (χ3v) is 14.8. The van der Waals surface area contributed by atoms with Crippen molar-refractivity contribution in [2.45, 2.75) is 43.4 Å². The average molecular weight is 820 g/mol. The zero-order valence-corrected chi connectivity index (χ0v) is 36.4. The van der Waals surface area contributed by atoms with Crippen LogP contribution in [-0.2, 0) is 10.8 Å². The molecule has 4 aliphatic rings. The van der Waals surface area contributed by atoms with E-state index in [0.717, 1.165) is 29.8 Å². The van der Waals surface area contributed by atoms with Crippen LogP contribution in [-0.4, -0.2) is 4.98 Å². The molecule has 0 saturated heterocycles. The second kappa shape index (κ2) is 15.2. The molecule has 1 heterocycles. The summed E-state index contributed by atoms with van der Waals surface area (Å²) in [6.45, 7) is 4.82. The summed E-state index contributed by atoms with van der Waals surface area (Å²) >= 11 is 0. The Balaban J connectivity index is 1.06. The standard InChI is InChI=1S/C63H49N/c1-62(2)54-27-12-14-29-56(54)63(57-30-15-13-28-55(57)62)53-37-36-49(45-34-32-44(33-35-45)48-25-16-24-47(38-48)42-18-6-3-7-19-42)39-52(53)61-51(26-17-31-58(61)63)60-41-50(43-20-8-4-9-21-43)40-59(64-60)46-22-10-5-11-23-46/h3-32,34,36-41,52-53H,33,35H2,1-2H3. The van der Waals surface area contributed by atoms with Crippen LogP contribution < -0.4 is 0 Å². The molecule has 306 valence electrons. The van der Waals surface area contributed by atoms with Crippen molar-refractivity contribution in [3.8, 4) is 44.8 Å². The fraction of sp³-hybridized carbons (Fsp3) is 0.127. The first-order valence-corrected chi connectivity index (χ1v) is 22.9. The number of hydrogen-bond acceptors (Lipinski definition) is 1. The van der Waals surface area contributed by atoms with E-state index in [4.69, 9.17) is 4.98 Å². The van der Waals surface area contributed by atoms with Crippen molar-refractivity contribution in [3.05, 3.63) is 275 Å². The molecule has 12 rings (SSSR count). The number of rotatable bonds is 6. The van der Waals surface area contributed by atoms with Gasteiger partial charge < -0.3 is 0 Å². The monoisotopic (exact) mass is 819 g/mol. The minimum absolute atomic E-state index is 0.115. The van der Waals surface area contributed by atoms with Crippen LogP contribution in [0.4, 0.5) is 0 Å². The van der Waals surface area contributed by atoms with Gasteiger partial charge in [0.2, 0.25) is 0 Å². The van der Waals surface area contributed by atoms with E-state index in [9.17, 15) is 0 Å². The van der Waals surface area contributed by atoms with Gasteiger partial charge in [-0.2, -0.15) is 0 Å². The van der Waals surface area contributed by atoms with Gasteiger partial charge in [-0.3, -0.25) is 0 Å². The molecule has 1 heteroatoms. The predicted molar refractivity (Wildman–Crippen MR) is 266 cm³/mol.